The van der Waals surface area contributed by atoms with Gasteiger partial charge in [0.25, 0.3) is 0 Å². The molecule has 1 aliphatic rings. The molecule has 1 aliphatic heterocycles. The lowest BCUT2D eigenvalue weighted by Gasteiger charge is -2.27. The first-order chi connectivity index (χ1) is 14.6. The summed E-state index contributed by atoms with van der Waals surface area (Å²) < 4.78 is 19.7. The van der Waals surface area contributed by atoms with Crippen LogP contribution >= 0.6 is 11.3 Å². The lowest BCUT2D eigenvalue weighted by Crippen LogP contribution is -2.39. The van der Waals surface area contributed by atoms with Gasteiger partial charge in [0.1, 0.15) is 5.82 Å². The molecule has 158 valence electrons. The third kappa shape index (κ3) is 5.22. The van der Waals surface area contributed by atoms with Gasteiger partial charge in [-0.05, 0) is 48.7 Å². The van der Waals surface area contributed by atoms with Crippen LogP contribution in [0, 0.1) is 12.7 Å². The van der Waals surface area contributed by atoms with Gasteiger partial charge >= 0.3 is 0 Å². The highest BCUT2D eigenvalue weighted by Gasteiger charge is 2.21. The van der Waals surface area contributed by atoms with Crippen LogP contribution in [0.1, 0.15) is 17.5 Å². The standard InChI is InChI=1S/C23H26FN3O2S/c1-17-3-8-20-21(15-17)30-23(25-20)27(10-2-9-26-11-13-29-14-12-26)22(28)16-18-4-6-19(24)7-5-18/h3-8,15H,2,9-14,16H2,1H3. The number of hydrogen-bond donors (Lipinski definition) is 0. The zero-order chi connectivity index (χ0) is 20.9. The predicted molar refractivity (Wildman–Crippen MR) is 119 cm³/mol. The summed E-state index contributed by atoms with van der Waals surface area (Å²) in [5, 5.41) is 0.727. The van der Waals surface area contributed by atoms with Crippen molar-refractivity contribution in [1.29, 1.82) is 0 Å². The number of aromatic nitrogens is 1. The highest BCUT2D eigenvalue weighted by atomic mass is 32.1. The molecule has 1 amide bonds. The fourth-order valence-corrected chi connectivity index (χ4v) is 4.72. The molecule has 0 atom stereocenters. The van der Waals surface area contributed by atoms with Crippen LogP contribution in [0.25, 0.3) is 10.2 Å². The number of ether oxygens (including phenoxy) is 1. The van der Waals surface area contributed by atoms with Crippen LogP contribution in [0.15, 0.2) is 42.5 Å². The Labute approximate surface area is 180 Å². The maximum atomic E-state index is 13.2. The lowest BCUT2D eigenvalue weighted by atomic mass is 10.1. The first kappa shape index (κ1) is 20.9. The Kier molecular flexibility index (Phi) is 6.72. The minimum Gasteiger partial charge on any atom is -0.379 e. The summed E-state index contributed by atoms with van der Waals surface area (Å²) >= 11 is 1.55. The summed E-state index contributed by atoms with van der Waals surface area (Å²) in [4.78, 5) is 22.1. The minimum atomic E-state index is -0.296. The SMILES string of the molecule is Cc1ccc2nc(N(CCCN3CCOCC3)C(=O)Cc3ccc(F)cc3)sc2c1. The molecule has 0 unspecified atom stereocenters. The molecule has 0 radical (unpaired) electrons. The Hall–Kier alpha value is -2.35. The fraction of sp³-hybridized carbons (Fsp3) is 0.391. The number of carbonyl (C=O) groups excluding carboxylic acids is 1. The van der Waals surface area contributed by atoms with Crippen molar-refractivity contribution in [2.45, 2.75) is 19.8 Å². The highest BCUT2D eigenvalue weighted by Crippen LogP contribution is 2.30. The Balaban J connectivity index is 1.51. The number of rotatable bonds is 7. The van der Waals surface area contributed by atoms with Crippen LogP contribution in [-0.4, -0.2) is 55.2 Å². The number of thiazole rings is 1. The zero-order valence-corrected chi connectivity index (χ0v) is 18.0. The summed E-state index contributed by atoms with van der Waals surface area (Å²) in [5.41, 5.74) is 2.89. The maximum Gasteiger partial charge on any atom is 0.233 e. The second kappa shape index (κ2) is 9.64. The summed E-state index contributed by atoms with van der Waals surface area (Å²) in [5.74, 6) is -0.311. The summed E-state index contributed by atoms with van der Waals surface area (Å²) in [6.07, 6.45) is 1.09. The van der Waals surface area contributed by atoms with Gasteiger partial charge < -0.3 is 4.74 Å². The van der Waals surface area contributed by atoms with Crippen molar-refractivity contribution >= 4 is 32.6 Å². The topological polar surface area (TPSA) is 45.7 Å². The normalized spacial score (nSPS) is 14.9. The molecule has 1 fully saturated rings. The second-order valence-corrected chi connectivity index (χ2v) is 8.63. The molecule has 1 saturated heterocycles. The molecule has 0 N–H and O–H groups in total. The minimum absolute atomic E-state index is 0.0145. The van der Waals surface area contributed by atoms with Crippen LogP contribution in [0.3, 0.4) is 0 Å². The van der Waals surface area contributed by atoms with Gasteiger partial charge in [0, 0.05) is 26.2 Å². The van der Waals surface area contributed by atoms with Crippen LogP contribution in [0.4, 0.5) is 9.52 Å². The molecular formula is C23H26FN3O2S. The van der Waals surface area contributed by atoms with E-state index in [1.165, 1.54) is 17.7 Å². The lowest BCUT2D eigenvalue weighted by molar-refractivity contribution is -0.118. The van der Waals surface area contributed by atoms with Crippen molar-refractivity contribution in [2.24, 2.45) is 0 Å². The van der Waals surface area contributed by atoms with E-state index in [0.29, 0.717) is 6.54 Å². The van der Waals surface area contributed by atoms with Gasteiger partial charge in [-0.3, -0.25) is 14.6 Å². The molecule has 1 aromatic heterocycles. The molecule has 0 saturated carbocycles. The van der Waals surface area contributed by atoms with Crippen molar-refractivity contribution in [2.75, 3.05) is 44.3 Å². The van der Waals surface area contributed by atoms with E-state index >= 15 is 0 Å². The molecule has 2 aromatic carbocycles. The number of anilines is 1. The monoisotopic (exact) mass is 427 g/mol. The van der Waals surface area contributed by atoms with Crippen molar-refractivity contribution in [1.82, 2.24) is 9.88 Å². The molecule has 0 bridgehead atoms. The molecule has 7 heteroatoms. The van der Waals surface area contributed by atoms with E-state index in [1.807, 2.05) is 12.1 Å². The van der Waals surface area contributed by atoms with E-state index in [4.69, 9.17) is 9.72 Å². The fourth-order valence-electron chi connectivity index (χ4n) is 3.61. The Morgan fingerprint density at radius 3 is 2.73 bits per heavy atom. The number of fused-ring (bicyclic) bond motifs is 1. The predicted octanol–water partition coefficient (Wildman–Crippen LogP) is 4.04. The second-order valence-electron chi connectivity index (χ2n) is 7.62. The summed E-state index contributed by atoms with van der Waals surface area (Å²) in [6, 6.07) is 12.3. The van der Waals surface area contributed by atoms with Crippen LogP contribution in [0.5, 0.6) is 0 Å². The van der Waals surface area contributed by atoms with Crippen molar-refractivity contribution in [3.05, 3.63) is 59.4 Å². The van der Waals surface area contributed by atoms with Gasteiger partial charge in [0.2, 0.25) is 5.91 Å². The van der Waals surface area contributed by atoms with Gasteiger partial charge in [-0.25, -0.2) is 9.37 Å². The smallest absolute Gasteiger partial charge is 0.233 e. The first-order valence-electron chi connectivity index (χ1n) is 10.3. The Morgan fingerprint density at radius 1 is 1.20 bits per heavy atom. The molecule has 3 aromatic rings. The Bertz CT molecular complexity index is 999. The van der Waals surface area contributed by atoms with Crippen molar-refractivity contribution < 1.29 is 13.9 Å². The quantitative estimate of drug-likeness (QED) is 0.571. The summed E-state index contributed by atoms with van der Waals surface area (Å²) in [6.45, 7) is 6.99. The molecule has 0 spiro atoms. The van der Waals surface area contributed by atoms with Gasteiger partial charge in [-0.1, -0.05) is 29.5 Å². The molecule has 2 heterocycles. The number of amides is 1. The van der Waals surface area contributed by atoms with Crippen LogP contribution in [-0.2, 0) is 16.0 Å². The third-order valence-electron chi connectivity index (χ3n) is 5.29. The number of carbonyl (C=O) groups is 1. The number of benzene rings is 2. The zero-order valence-electron chi connectivity index (χ0n) is 17.1. The van der Waals surface area contributed by atoms with Gasteiger partial charge in [0.15, 0.2) is 5.13 Å². The number of aryl methyl sites for hydroxylation is 1. The number of nitrogens with zero attached hydrogens (tertiary/aromatic N) is 3. The van der Waals surface area contributed by atoms with E-state index < -0.39 is 0 Å². The summed E-state index contributed by atoms with van der Waals surface area (Å²) in [7, 11) is 0. The largest absolute Gasteiger partial charge is 0.379 e. The maximum absolute atomic E-state index is 13.2. The van der Waals surface area contributed by atoms with E-state index in [2.05, 4.69) is 17.9 Å². The van der Waals surface area contributed by atoms with Crippen molar-refractivity contribution in [3.63, 3.8) is 0 Å². The van der Waals surface area contributed by atoms with Gasteiger partial charge in [-0.2, -0.15) is 0 Å². The van der Waals surface area contributed by atoms with Crippen molar-refractivity contribution in [3.8, 4) is 0 Å². The molecule has 5 nitrogen and oxygen atoms in total. The van der Waals surface area contributed by atoms with E-state index in [-0.39, 0.29) is 18.1 Å². The first-order valence-corrected chi connectivity index (χ1v) is 11.1. The Morgan fingerprint density at radius 2 is 1.97 bits per heavy atom. The van der Waals surface area contributed by atoms with E-state index in [9.17, 15) is 9.18 Å². The average molecular weight is 428 g/mol. The molecule has 30 heavy (non-hydrogen) atoms. The number of halogens is 1. The van der Waals surface area contributed by atoms with Gasteiger partial charge in [-0.15, -0.1) is 0 Å². The molecule has 0 aliphatic carbocycles. The van der Waals surface area contributed by atoms with Crippen LogP contribution in [0.2, 0.25) is 0 Å². The third-order valence-corrected chi connectivity index (χ3v) is 6.33. The highest BCUT2D eigenvalue weighted by molar-refractivity contribution is 7.22. The van der Waals surface area contributed by atoms with E-state index in [1.54, 1.807) is 28.4 Å². The molecular weight excluding hydrogens is 401 g/mol. The van der Waals surface area contributed by atoms with E-state index in [0.717, 1.165) is 60.2 Å². The van der Waals surface area contributed by atoms with Crippen LogP contribution < -0.4 is 4.90 Å². The number of hydrogen-bond acceptors (Lipinski definition) is 5. The van der Waals surface area contributed by atoms with Gasteiger partial charge in [0.05, 0.1) is 29.9 Å². The molecule has 4 rings (SSSR count). The number of morpholine rings is 1. The average Bonchev–Trinajstić information content (AvgIpc) is 3.16.